The fourth-order valence-electron chi connectivity index (χ4n) is 0.929. The van der Waals surface area contributed by atoms with E-state index < -0.39 is 5.82 Å². The van der Waals surface area contributed by atoms with Gasteiger partial charge >= 0.3 is 0 Å². The summed E-state index contributed by atoms with van der Waals surface area (Å²) in [6, 6.07) is 5.69. The number of aldehydes is 1. The summed E-state index contributed by atoms with van der Waals surface area (Å²) in [5.41, 5.74) is 0.772. The summed E-state index contributed by atoms with van der Waals surface area (Å²) in [6.07, 6.45) is 0.822. The van der Waals surface area contributed by atoms with Crippen molar-refractivity contribution in [1.82, 2.24) is 0 Å². The molecule has 0 aromatic heterocycles. The van der Waals surface area contributed by atoms with Gasteiger partial charge in [-0.05, 0) is 23.8 Å². The third-order valence-electron chi connectivity index (χ3n) is 1.41. The highest BCUT2D eigenvalue weighted by molar-refractivity contribution is 5.55. The summed E-state index contributed by atoms with van der Waals surface area (Å²) < 4.78 is 12.7. The number of halogens is 1. The molecule has 0 spiro atoms. The lowest BCUT2D eigenvalue weighted by molar-refractivity contribution is -0.107. The van der Waals surface area contributed by atoms with Crippen LogP contribution in [0.2, 0.25) is 0 Å². The summed E-state index contributed by atoms with van der Waals surface area (Å²) in [7, 11) is 0. The molecule has 0 heterocycles. The minimum Gasteiger partial charge on any atom is -0.303 e. The van der Waals surface area contributed by atoms with Crippen molar-refractivity contribution in [2.75, 3.05) is 0 Å². The first-order chi connectivity index (χ1) is 5.76. The van der Waals surface area contributed by atoms with Gasteiger partial charge in [0, 0.05) is 6.42 Å². The molecule has 3 heteroatoms. The molecule has 0 radical (unpaired) electrons. The van der Waals surface area contributed by atoms with E-state index in [9.17, 15) is 9.18 Å². The minimum absolute atomic E-state index is 0.145. The average Bonchev–Trinajstić information content (AvgIpc) is 2.04. The first kappa shape index (κ1) is 8.41. The molecule has 0 aliphatic heterocycles. The highest BCUT2D eigenvalue weighted by Gasteiger charge is 1.98. The van der Waals surface area contributed by atoms with Crippen molar-refractivity contribution in [1.29, 1.82) is 5.26 Å². The van der Waals surface area contributed by atoms with Gasteiger partial charge in [-0.1, -0.05) is 0 Å². The smallest absolute Gasteiger partial charge is 0.124 e. The van der Waals surface area contributed by atoms with Crippen molar-refractivity contribution in [2.45, 2.75) is 6.42 Å². The Hall–Kier alpha value is -1.69. The number of carbonyl (C=O) groups excluding carboxylic acids is 1. The Bertz CT molecular complexity index is 341. The molecule has 0 bridgehead atoms. The van der Waals surface area contributed by atoms with Gasteiger partial charge < -0.3 is 4.79 Å². The monoisotopic (exact) mass is 163 g/mol. The van der Waals surface area contributed by atoms with Gasteiger partial charge in [-0.25, -0.2) is 4.39 Å². The molecule has 0 N–H and O–H groups in total. The number of nitrogens with zero attached hydrogens (tertiary/aromatic N) is 1. The standard InChI is InChI=1S/C9H6FNO/c10-9-4-7(1-2-12)3-8(5-9)6-11/h2-5H,1H2. The van der Waals surface area contributed by atoms with E-state index >= 15 is 0 Å². The summed E-state index contributed by atoms with van der Waals surface area (Å²) in [6.45, 7) is 0. The second-order valence-corrected chi connectivity index (χ2v) is 2.33. The lowest BCUT2D eigenvalue weighted by Gasteiger charge is -1.95. The van der Waals surface area contributed by atoms with Crippen molar-refractivity contribution >= 4 is 6.29 Å². The zero-order chi connectivity index (χ0) is 8.97. The molecular formula is C9H6FNO. The highest BCUT2D eigenvalue weighted by atomic mass is 19.1. The molecule has 0 aliphatic carbocycles. The van der Waals surface area contributed by atoms with E-state index in [-0.39, 0.29) is 12.0 Å². The van der Waals surface area contributed by atoms with E-state index in [0.29, 0.717) is 11.8 Å². The van der Waals surface area contributed by atoms with Crippen LogP contribution in [0.25, 0.3) is 0 Å². The third kappa shape index (κ3) is 1.89. The maximum atomic E-state index is 12.7. The molecule has 1 rings (SSSR count). The molecule has 1 aromatic carbocycles. The quantitative estimate of drug-likeness (QED) is 0.619. The van der Waals surface area contributed by atoms with Crippen molar-refractivity contribution in [3.63, 3.8) is 0 Å². The van der Waals surface area contributed by atoms with Gasteiger partial charge in [-0.2, -0.15) is 5.26 Å². The summed E-state index contributed by atoms with van der Waals surface area (Å²) in [5.74, 6) is -0.481. The van der Waals surface area contributed by atoms with Crippen LogP contribution in [0.1, 0.15) is 11.1 Å². The Kier molecular flexibility index (Phi) is 2.54. The maximum absolute atomic E-state index is 12.7. The fourth-order valence-corrected chi connectivity index (χ4v) is 0.929. The van der Waals surface area contributed by atoms with Gasteiger partial charge in [-0.3, -0.25) is 0 Å². The zero-order valence-electron chi connectivity index (χ0n) is 6.25. The van der Waals surface area contributed by atoms with Gasteiger partial charge in [0.25, 0.3) is 0 Å². The van der Waals surface area contributed by atoms with E-state index in [4.69, 9.17) is 5.26 Å². The number of hydrogen-bond acceptors (Lipinski definition) is 2. The molecule has 60 valence electrons. The van der Waals surface area contributed by atoms with Crippen LogP contribution in [0.3, 0.4) is 0 Å². The lowest BCUT2D eigenvalue weighted by Crippen LogP contribution is -1.89. The Labute approximate surface area is 69.2 Å². The number of nitriles is 1. The van der Waals surface area contributed by atoms with Crippen LogP contribution in [-0.4, -0.2) is 6.29 Å². The Morgan fingerprint density at radius 1 is 1.50 bits per heavy atom. The van der Waals surface area contributed by atoms with Gasteiger partial charge in [-0.15, -0.1) is 0 Å². The van der Waals surface area contributed by atoms with E-state index in [1.807, 2.05) is 6.07 Å². The molecule has 0 aliphatic rings. The molecule has 2 nitrogen and oxygen atoms in total. The van der Waals surface area contributed by atoms with Crippen LogP contribution >= 0.6 is 0 Å². The molecule has 0 atom stereocenters. The van der Waals surface area contributed by atoms with Gasteiger partial charge in [0.15, 0.2) is 0 Å². The van der Waals surface area contributed by atoms with Crippen molar-refractivity contribution < 1.29 is 9.18 Å². The Morgan fingerprint density at radius 3 is 2.83 bits per heavy atom. The molecule has 0 saturated heterocycles. The first-order valence-corrected chi connectivity index (χ1v) is 3.39. The molecule has 0 saturated carbocycles. The Balaban J connectivity index is 3.07. The summed E-state index contributed by atoms with van der Waals surface area (Å²) in [4.78, 5) is 10.1. The molecule has 0 amide bonds. The predicted molar refractivity (Wildman–Crippen MR) is 40.9 cm³/mol. The van der Waals surface area contributed by atoms with Gasteiger partial charge in [0.2, 0.25) is 0 Å². The highest BCUT2D eigenvalue weighted by Crippen LogP contribution is 2.08. The first-order valence-electron chi connectivity index (χ1n) is 3.39. The van der Waals surface area contributed by atoms with Crippen molar-refractivity contribution in [3.05, 3.63) is 35.1 Å². The SMILES string of the molecule is N#Cc1cc(F)cc(CC=O)c1. The zero-order valence-corrected chi connectivity index (χ0v) is 6.25. The van der Waals surface area contributed by atoms with E-state index in [1.54, 1.807) is 0 Å². The van der Waals surface area contributed by atoms with Crippen molar-refractivity contribution in [2.24, 2.45) is 0 Å². The summed E-state index contributed by atoms with van der Waals surface area (Å²) >= 11 is 0. The van der Waals surface area contributed by atoms with Crippen LogP contribution in [-0.2, 0) is 11.2 Å². The summed E-state index contributed by atoms with van der Waals surface area (Å²) in [5, 5.41) is 8.45. The van der Waals surface area contributed by atoms with Crippen LogP contribution in [0, 0.1) is 17.1 Å². The average molecular weight is 163 g/mol. The predicted octanol–water partition coefficient (Wildman–Crippen LogP) is 1.44. The molecule has 1 aromatic rings. The van der Waals surface area contributed by atoms with Crippen LogP contribution in [0.4, 0.5) is 4.39 Å². The van der Waals surface area contributed by atoms with Crippen LogP contribution in [0.15, 0.2) is 18.2 Å². The van der Waals surface area contributed by atoms with Crippen molar-refractivity contribution in [3.8, 4) is 6.07 Å². The number of rotatable bonds is 2. The second-order valence-electron chi connectivity index (χ2n) is 2.33. The number of hydrogen-bond donors (Lipinski definition) is 0. The fraction of sp³-hybridized carbons (Fsp3) is 0.111. The normalized spacial score (nSPS) is 9.00. The van der Waals surface area contributed by atoms with Gasteiger partial charge in [0.05, 0.1) is 11.6 Å². The minimum atomic E-state index is -0.481. The lowest BCUT2D eigenvalue weighted by atomic mass is 10.1. The van der Waals surface area contributed by atoms with E-state index in [1.165, 1.54) is 12.1 Å². The molecular weight excluding hydrogens is 157 g/mol. The number of benzene rings is 1. The topological polar surface area (TPSA) is 40.9 Å². The van der Waals surface area contributed by atoms with Crippen LogP contribution in [0.5, 0.6) is 0 Å². The largest absolute Gasteiger partial charge is 0.303 e. The third-order valence-corrected chi connectivity index (χ3v) is 1.41. The van der Waals surface area contributed by atoms with Gasteiger partial charge in [0.1, 0.15) is 12.1 Å². The molecule has 0 fully saturated rings. The van der Waals surface area contributed by atoms with Crippen LogP contribution < -0.4 is 0 Å². The molecule has 12 heavy (non-hydrogen) atoms. The van der Waals surface area contributed by atoms with E-state index in [2.05, 4.69) is 0 Å². The number of carbonyl (C=O) groups is 1. The maximum Gasteiger partial charge on any atom is 0.124 e. The second kappa shape index (κ2) is 3.63. The van der Waals surface area contributed by atoms with E-state index in [0.717, 1.165) is 6.07 Å². The molecule has 0 unspecified atom stereocenters. The Morgan fingerprint density at radius 2 is 2.25 bits per heavy atom.